The van der Waals surface area contributed by atoms with Crippen molar-refractivity contribution >= 4 is 0 Å². The van der Waals surface area contributed by atoms with Gasteiger partial charge in [0.25, 0.3) is 0 Å². The summed E-state index contributed by atoms with van der Waals surface area (Å²) in [5, 5.41) is 0. The van der Waals surface area contributed by atoms with Crippen molar-refractivity contribution in [3.63, 3.8) is 0 Å². The maximum Gasteiger partial charge on any atom is 0.125 e. The van der Waals surface area contributed by atoms with Crippen molar-refractivity contribution in [1.29, 1.82) is 0 Å². The minimum absolute atomic E-state index is 0.322. The van der Waals surface area contributed by atoms with Gasteiger partial charge in [-0.05, 0) is 26.7 Å². The third kappa shape index (κ3) is 2.22. The number of rotatable bonds is 4. The van der Waals surface area contributed by atoms with Crippen LogP contribution in [0.15, 0.2) is 18.7 Å². The summed E-state index contributed by atoms with van der Waals surface area (Å²) in [7, 11) is 0. The lowest BCUT2D eigenvalue weighted by atomic mass is 9.95. The van der Waals surface area contributed by atoms with E-state index in [0.717, 1.165) is 36.6 Å². The fourth-order valence-corrected chi connectivity index (χ4v) is 2.79. The van der Waals surface area contributed by atoms with Gasteiger partial charge < -0.3 is 9.30 Å². The van der Waals surface area contributed by atoms with E-state index in [1.165, 1.54) is 5.56 Å². The normalized spacial score (nSPS) is 21.1. The van der Waals surface area contributed by atoms with Gasteiger partial charge in [-0.15, -0.1) is 0 Å². The van der Waals surface area contributed by atoms with Crippen molar-refractivity contribution < 1.29 is 4.74 Å². The molecule has 3 heterocycles. The molecule has 5 heteroatoms. The third-order valence-electron chi connectivity index (χ3n) is 3.98. The van der Waals surface area contributed by atoms with Crippen molar-refractivity contribution in [2.75, 3.05) is 0 Å². The number of aryl methyl sites for hydroxylation is 3. The molecule has 0 fully saturated rings. The average molecular weight is 272 g/mol. The summed E-state index contributed by atoms with van der Waals surface area (Å²) in [6.45, 7) is 7.71. The van der Waals surface area contributed by atoms with Crippen LogP contribution in [0, 0.1) is 6.92 Å². The second kappa shape index (κ2) is 4.98. The topological polar surface area (TPSA) is 52.8 Å². The van der Waals surface area contributed by atoms with Crippen molar-refractivity contribution in [2.45, 2.75) is 52.4 Å². The highest BCUT2D eigenvalue weighted by molar-refractivity contribution is 5.33. The summed E-state index contributed by atoms with van der Waals surface area (Å²) in [6.07, 6.45) is 7.42. The molecule has 20 heavy (non-hydrogen) atoms. The van der Waals surface area contributed by atoms with E-state index in [9.17, 15) is 0 Å². The van der Waals surface area contributed by atoms with Crippen LogP contribution in [0.3, 0.4) is 0 Å². The summed E-state index contributed by atoms with van der Waals surface area (Å²) in [5.74, 6) is 0.833. The van der Waals surface area contributed by atoms with Crippen LogP contribution in [-0.2, 0) is 29.9 Å². The Bertz CT molecular complexity index is 609. The number of hydrogen-bond acceptors (Lipinski definition) is 4. The SMILES string of the molecule is CCc1nc(C)nc2c1COC2(C)CCn1ccnc1. The molecule has 106 valence electrons. The average Bonchev–Trinajstić information content (AvgIpc) is 3.05. The Labute approximate surface area is 119 Å². The van der Waals surface area contributed by atoms with E-state index in [1.807, 2.05) is 19.4 Å². The first kappa shape index (κ1) is 13.2. The number of hydrogen-bond donors (Lipinski definition) is 0. The second-order valence-electron chi connectivity index (χ2n) is 5.47. The lowest BCUT2D eigenvalue weighted by molar-refractivity contribution is -0.0346. The Hall–Kier alpha value is -1.75. The predicted octanol–water partition coefficient (Wildman–Crippen LogP) is 2.38. The number of aromatic nitrogens is 4. The molecule has 0 amide bonds. The third-order valence-corrected chi connectivity index (χ3v) is 3.98. The molecule has 1 aliphatic rings. The molecule has 0 aromatic carbocycles. The molecule has 0 saturated carbocycles. The molecule has 2 aromatic rings. The Morgan fingerprint density at radius 1 is 1.40 bits per heavy atom. The van der Waals surface area contributed by atoms with Crippen LogP contribution in [0.5, 0.6) is 0 Å². The number of imidazole rings is 1. The van der Waals surface area contributed by atoms with Gasteiger partial charge in [0.2, 0.25) is 0 Å². The monoisotopic (exact) mass is 272 g/mol. The highest BCUT2D eigenvalue weighted by Gasteiger charge is 2.38. The van der Waals surface area contributed by atoms with Crippen LogP contribution in [0.4, 0.5) is 0 Å². The van der Waals surface area contributed by atoms with E-state index in [4.69, 9.17) is 4.74 Å². The largest absolute Gasteiger partial charge is 0.364 e. The fourth-order valence-electron chi connectivity index (χ4n) is 2.79. The molecule has 2 aromatic heterocycles. The van der Waals surface area contributed by atoms with Gasteiger partial charge in [0.1, 0.15) is 11.4 Å². The first-order valence-electron chi connectivity index (χ1n) is 7.09. The van der Waals surface area contributed by atoms with Gasteiger partial charge >= 0.3 is 0 Å². The van der Waals surface area contributed by atoms with Gasteiger partial charge in [0.05, 0.1) is 18.6 Å². The molecular formula is C15H20N4O. The van der Waals surface area contributed by atoms with Gasteiger partial charge in [0.15, 0.2) is 0 Å². The smallest absolute Gasteiger partial charge is 0.125 e. The number of ether oxygens (including phenoxy) is 1. The summed E-state index contributed by atoms with van der Waals surface area (Å²) in [4.78, 5) is 13.3. The minimum atomic E-state index is -0.322. The summed E-state index contributed by atoms with van der Waals surface area (Å²) in [5.41, 5.74) is 3.06. The molecule has 0 bridgehead atoms. The van der Waals surface area contributed by atoms with Gasteiger partial charge in [-0.1, -0.05) is 6.92 Å². The van der Waals surface area contributed by atoms with Crippen LogP contribution >= 0.6 is 0 Å². The highest BCUT2D eigenvalue weighted by Crippen LogP contribution is 2.39. The molecule has 1 atom stereocenters. The first-order valence-corrected chi connectivity index (χ1v) is 7.09. The Kier molecular flexibility index (Phi) is 3.30. The molecule has 0 saturated heterocycles. The Morgan fingerprint density at radius 3 is 2.95 bits per heavy atom. The quantitative estimate of drug-likeness (QED) is 0.857. The predicted molar refractivity (Wildman–Crippen MR) is 75.1 cm³/mol. The molecule has 0 radical (unpaired) electrons. The molecule has 0 spiro atoms. The van der Waals surface area contributed by atoms with E-state index in [2.05, 4.69) is 33.4 Å². The van der Waals surface area contributed by atoms with Crippen molar-refractivity contribution in [1.82, 2.24) is 19.5 Å². The number of nitrogens with zero attached hydrogens (tertiary/aromatic N) is 4. The van der Waals surface area contributed by atoms with E-state index in [1.54, 1.807) is 6.20 Å². The van der Waals surface area contributed by atoms with Gasteiger partial charge in [-0.25, -0.2) is 15.0 Å². The molecule has 1 aliphatic heterocycles. The molecule has 5 nitrogen and oxygen atoms in total. The molecule has 0 N–H and O–H groups in total. The maximum absolute atomic E-state index is 6.07. The van der Waals surface area contributed by atoms with Crippen LogP contribution in [0.25, 0.3) is 0 Å². The van der Waals surface area contributed by atoms with Gasteiger partial charge in [-0.2, -0.15) is 0 Å². The van der Waals surface area contributed by atoms with Crippen molar-refractivity contribution in [2.24, 2.45) is 0 Å². The first-order chi connectivity index (χ1) is 9.62. The van der Waals surface area contributed by atoms with Crippen molar-refractivity contribution in [3.8, 4) is 0 Å². The van der Waals surface area contributed by atoms with Crippen molar-refractivity contribution in [3.05, 3.63) is 41.5 Å². The number of fused-ring (bicyclic) bond motifs is 1. The highest BCUT2D eigenvalue weighted by atomic mass is 16.5. The fraction of sp³-hybridized carbons (Fsp3) is 0.533. The zero-order valence-corrected chi connectivity index (χ0v) is 12.3. The van der Waals surface area contributed by atoms with Crippen LogP contribution < -0.4 is 0 Å². The zero-order chi connectivity index (χ0) is 14.2. The van der Waals surface area contributed by atoms with Gasteiger partial charge in [0, 0.05) is 30.2 Å². The minimum Gasteiger partial charge on any atom is -0.364 e. The van der Waals surface area contributed by atoms with E-state index < -0.39 is 0 Å². The molecular weight excluding hydrogens is 252 g/mol. The van der Waals surface area contributed by atoms with Gasteiger partial charge in [-0.3, -0.25) is 0 Å². The Balaban J connectivity index is 1.89. The van der Waals surface area contributed by atoms with E-state index in [-0.39, 0.29) is 5.60 Å². The molecule has 0 aliphatic carbocycles. The van der Waals surface area contributed by atoms with Crippen LogP contribution in [0.1, 0.15) is 43.0 Å². The summed E-state index contributed by atoms with van der Waals surface area (Å²) in [6, 6.07) is 0. The van der Waals surface area contributed by atoms with E-state index in [0.29, 0.717) is 6.61 Å². The summed E-state index contributed by atoms with van der Waals surface area (Å²) >= 11 is 0. The van der Waals surface area contributed by atoms with Crippen LogP contribution in [-0.4, -0.2) is 19.5 Å². The lowest BCUT2D eigenvalue weighted by Crippen LogP contribution is -2.24. The molecule has 1 unspecified atom stereocenters. The Morgan fingerprint density at radius 2 is 2.25 bits per heavy atom. The van der Waals surface area contributed by atoms with Crippen LogP contribution in [0.2, 0.25) is 0 Å². The molecule has 3 rings (SSSR count). The standard InChI is InChI=1S/C15H20N4O/c1-4-13-12-9-20-15(3,14(12)18-11(2)17-13)5-7-19-8-6-16-10-19/h6,8,10H,4-5,7,9H2,1-3H3. The summed E-state index contributed by atoms with van der Waals surface area (Å²) < 4.78 is 8.14. The van der Waals surface area contributed by atoms with E-state index >= 15 is 0 Å². The lowest BCUT2D eigenvalue weighted by Gasteiger charge is -2.24. The maximum atomic E-state index is 6.07. The zero-order valence-electron chi connectivity index (χ0n) is 12.3. The second-order valence-corrected chi connectivity index (χ2v) is 5.47.